The fraction of sp³-hybridized carbons (Fsp3) is 0.333. The van der Waals surface area contributed by atoms with Crippen LogP contribution in [-0.4, -0.2) is 27.4 Å². The molecule has 2 rings (SSSR count). The Labute approximate surface area is 137 Å². The van der Waals surface area contributed by atoms with Gasteiger partial charge in [-0.2, -0.15) is 0 Å². The Bertz CT molecular complexity index is 552. The van der Waals surface area contributed by atoms with Gasteiger partial charge in [0.1, 0.15) is 6.61 Å². The number of methoxy groups -OCH3 is 2. The number of benzene rings is 1. The van der Waals surface area contributed by atoms with Crippen LogP contribution >= 0.6 is 27.3 Å². The van der Waals surface area contributed by atoms with Crippen LogP contribution in [0.2, 0.25) is 0 Å². The maximum Gasteiger partial charge on any atom is 0.203 e. The van der Waals surface area contributed by atoms with Crippen molar-refractivity contribution in [2.24, 2.45) is 0 Å². The molecule has 0 radical (unpaired) electrons. The first-order valence-corrected chi connectivity index (χ1v) is 8.19. The van der Waals surface area contributed by atoms with Crippen molar-refractivity contribution < 1.29 is 14.2 Å². The second-order valence-corrected chi connectivity index (χ2v) is 6.16. The number of hydrogen-bond acceptors (Lipinski definition) is 5. The summed E-state index contributed by atoms with van der Waals surface area (Å²) in [6, 6.07) is 7.70. The van der Waals surface area contributed by atoms with Crippen LogP contribution in [0.4, 0.5) is 0 Å². The fourth-order valence-corrected chi connectivity index (χ4v) is 3.26. The van der Waals surface area contributed by atoms with Crippen molar-refractivity contribution in [3.05, 3.63) is 39.0 Å². The standard InChI is InChI=1S/C15H18BrNO3S/c1-18-13-4-3-5-14(19-2)15(13)20-7-6-17-9-12-8-11(16)10-21-12/h3-5,8,10,17H,6-7,9H2,1-2H3. The van der Waals surface area contributed by atoms with Gasteiger partial charge in [0, 0.05) is 27.8 Å². The van der Waals surface area contributed by atoms with Gasteiger partial charge < -0.3 is 19.5 Å². The summed E-state index contributed by atoms with van der Waals surface area (Å²) in [5.74, 6) is 2.00. The predicted octanol–water partition coefficient (Wildman–Crippen LogP) is 3.70. The molecule has 0 unspecified atom stereocenters. The van der Waals surface area contributed by atoms with E-state index in [1.54, 1.807) is 25.6 Å². The van der Waals surface area contributed by atoms with Crippen molar-refractivity contribution >= 4 is 27.3 Å². The molecule has 6 heteroatoms. The first kappa shape index (κ1) is 16.1. The molecule has 0 saturated heterocycles. The SMILES string of the molecule is COc1cccc(OC)c1OCCNCc1cc(Br)cs1. The monoisotopic (exact) mass is 371 g/mol. The minimum absolute atomic E-state index is 0.545. The minimum Gasteiger partial charge on any atom is -0.493 e. The van der Waals surface area contributed by atoms with Gasteiger partial charge in [0.05, 0.1) is 14.2 Å². The van der Waals surface area contributed by atoms with Gasteiger partial charge in [0.25, 0.3) is 0 Å². The van der Waals surface area contributed by atoms with Gasteiger partial charge in [-0.15, -0.1) is 11.3 Å². The molecule has 2 aromatic rings. The van der Waals surface area contributed by atoms with Crippen LogP contribution in [0.1, 0.15) is 4.88 Å². The zero-order chi connectivity index (χ0) is 15.1. The van der Waals surface area contributed by atoms with Gasteiger partial charge in [-0.05, 0) is 34.1 Å². The molecule has 1 heterocycles. The lowest BCUT2D eigenvalue weighted by Gasteiger charge is -2.14. The van der Waals surface area contributed by atoms with Crippen molar-refractivity contribution in [1.82, 2.24) is 5.32 Å². The summed E-state index contributed by atoms with van der Waals surface area (Å²) in [4.78, 5) is 1.29. The van der Waals surface area contributed by atoms with E-state index in [1.165, 1.54) is 4.88 Å². The Morgan fingerprint density at radius 2 is 1.90 bits per heavy atom. The molecule has 0 bridgehead atoms. The zero-order valence-corrected chi connectivity index (χ0v) is 14.4. The molecule has 21 heavy (non-hydrogen) atoms. The van der Waals surface area contributed by atoms with E-state index in [9.17, 15) is 0 Å². The molecule has 1 N–H and O–H groups in total. The number of para-hydroxylation sites is 1. The molecule has 0 amide bonds. The molecular formula is C15H18BrNO3S. The Hall–Kier alpha value is -1.24. The van der Waals surface area contributed by atoms with Crippen molar-refractivity contribution in [1.29, 1.82) is 0 Å². The normalized spacial score (nSPS) is 10.4. The van der Waals surface area contributed by atoms with Crippen molar-refractivity contribution in [2.45, 2.75) is 6.54 Å². The Kier molecular flexibility index (Phi) is 6.35. The van der Waals surface area contributed by atoms with Crippen molar-refractivity contribution in [3.63, 3.8) is 0 Å². The largest absolute Gasteiger partial charge is 0.493 e. The van der Waals surface area contributed by atoms with Crippen LogP contribution in [-0.2, 0) is 6.54 Å². The lowest BCUT2D eigenvalue weighted by Crippen LogP contribution is -2.20. The number of halogens is 1. The highest BCUT2D eigenvalue weighted by atomic mass is 79.9. The fourth-order valence-electron chi connectivity index (χ4n) is 1.84. The second-order valence-electron chi connectivity index (χ2n) is 4.25. The van der Waals surface area contributed by atoms with E-state index in [1.807, 2.05) is 18.2 Å². The molecule has 1 aromatic heterocycles. The summed E-state index contributed by atoms with van der Waals surface area (Å²) in [7, 11) is 3.24. The summed E-state index contributed by atoms with van der Waals surface area (Å²) >= 11 is 5.17. The van der Waals surface area contributed by atoms with Gasteiger partial charge in [0.2, 0.25) is 5.75 Å². The average molecular weight is 372 g/mol. The lowest BCUT2D eigenvalue weighted by molar-refractivity contribution is 0.273. The van der Waals surface area contributed by atoms with Crippen LogP contribution in [0.15, 0.2) is 34.1 Å². The van der Waals surface area contributed by atoms with Crippen LogP contribution < -0.4 is 19.5 Å². The maximum atomic E-state index is 5.77. The number of thiophene rings is 1. The van der Waals surface area contributed by atoms with Crippen LogP contribution in [0.3, 0.4) is 0 Å². The summed E-state index contributed by atoms with van der Waals surface area (Å²) in [5.41, 5.74) is 0. The van der Waals surface area contributed by atoms with E-state index in [0.29, 0.717) is 23.9 Å². The third-order valence-electron chi connectivity index (χ3n) is 2.83. The van der Waals surface area contributed by atoms with E-state index < -0.39 is 0 Å². The Morgan fingerprint density at radius 1 is 1.19 bits per heavy atom. The second kappa shape index (κ2) is 8.26. The Balaban J connectivity index is 1.80. The molecule has 0 aliphatic rings. The maximum absolute atomic E-state index is 5.77. The molecule has 0 aliphatic heterocycles. The predicted molar refractivity (Wildman–Crippen MR) is 88.8 cm³/mol. The summed E-state index contributed by atoms with van der Waals surface area (Å²) in [6.07, 6.45) is 0. The number of rotatable bonds is 8. The highest BCUT2D eigenvalue weighted by molar-refractivity contribution is 9.10. The van der Waals surface area contributed by atoms with Crippen molar-refractivity contribution in [3.8, 4) is 17.2 Å². The van der Waals surface area contributed by atoms with Gasteiger partial charge in [0.15, 0.2) is 11.5 Å². The summed E-state index contributed by atoms with van der Waals surface area (Å²) in [6.45, 7) is 2.13. The van der Waals surface area contributed by atoms with Crippen LogP contribution in [0.25, 0.3) is 0 Å². The molecule has 4 nitrogen and oxygen atoms in total. The average Bonchev–Trinajstić information content (AvgIpc) is 2.92. The zero-order valence-electron chi connectivity index (χ0n) is 12.0. The first-order chi connectivity index (χ1) is 10.2. The molecule has 0 fully saturated rings. The van der Waals surface area contributed by atoms with E-state index in [0.717, 1.165) is 17.6 Å². The van der Waals surface area contributed by atoms with Gasteiger partial charge in [-0.1, -0.05) is 6.07 Å². The molecule has 0 spiro atoms. The molecule has 0 atom stereocenters. The van der Waals surface area contributed by atoms with E-state index in [-0.39, 0.29) is 0 Å². The summed E-state index contributed by atoms with van der Waals surface area (Å²) in [5, 5.41) is 5.42. The van der Waals surface area contributed by atoms with E-state index in [4.69, 9.17) is 14.2 Å². The smallest absolute Gasteiger partial charge is 0.203 e. The van der Waals surface area contributed by atoms with Crippen molar-refractivity contribution in [2.75, 3.05) is 27.4 Å². The van der Waals surface area contributed by atoms with Gasteiger partial charge in [-0.25, -0.2) is 0 Å². The number of nitrogens with one attached hydrogen (secondary N) is 1. The van der Waals surface area contributed by atoms with E-state index in [2.05, 4.69) is 32.7 Å². The third-order valence-corrected chi connectivity index (χ3v) is 4.53. The minimum atomic E-state index is 0.545. The molecule has 1 aromatic carbocycles. The Morgan fingerprint density at radius 3 is 2.48 bits per heavy atom. The molecule has 0 aliphatic carbocycles. The number of hydrogen-bond donors (Lipinski definition) is 1. The van der Waals surface area contributed by atoms with Crippen LogP contribution in [0.5, 0.6) is 17.2 Å². The third kappa shape index (κ3) is 4.62. The van der Waals surface area contributed by atoms with Crippen LogP contribution in [0, 0.1) is 0 Å². The van der Waals surface area contributed by atoms with E-state index >= 15 is 0 Å². The first-order valence-electron chi connectivity index (χ1n) is 6.52. The topological polar surface area (TPSA) is 39.7 Å². The number of ether oxygens (including phenoxy) is 3. The van der Waals surface area contributed by atoms with Gasteiger partial charge >= 0.3 is 0 Å². The quantitative estimate of drug-likeness (QED) is 0.718. The lowest BCUT2D eigenvalue weighted by atomic mass is 10.3. The van der Waals surface area contributed by atoms with Gasteiger partial charge in [-0.3, -0.25) is 0 Å². The molecule has 114 valence electrons. The summed E-state index contributed by atoms with van der Waals surface area (Å²) < 4.78 is 17.5. The highest BCUT2D eigenvalue weighted by Gasteiger charge is 2.10. The molecular weight excluding hydrogens is 354 g/mol. The highest BCUT2D eigenvalue weighted by Crippen LogP contribution is 2.36. The molecule has 0 saturated carbocycles.